The second kappa shape index (κ2) is 8.88. The molecule has 3 heterocycles. The van der Waals surface area contributed by atoms with Crippen molar-refractivity contribution in [2.45, 2.75) is 31.7 Å². The number of nitrogens with zero attached hydrogens (tertiary/aromatic N) is 3. The molecule has 0 spiro atoms. The first-order valence-electron chi connectivity index (χ1n) is 11.2. The van der Waals surface area contributed by atoms with Gasteiger partial charge < -0.3 is 19.3 Å². The maximum atomic E-state index is 13.4. The predicted molar refractivity (Wildman–Crippen MR) is 120 cm³/mol. The van der Waals surface area contributed by atoms with E-state index in [1.54, 1.807) is 7.11 Å². The summed E-state index contributed by atoms with van der Waals surface area (Å²) < 4.78 is 16.3. The molecule has 1 aliphatic heterocycles. The van der Waals surface area contributed by atoms with Crippen LogP contribution in [0.4, 0.5) is 0 Å². The van der Waals surface area contributed by atoms with Crippen molar-refractivity contribution >= 4 is 17.0 Å². The Morgan fingerprint density at radius 3 is 2.69 bits per heavy atom. The van der Waals surface area contributed by atoms with Gasteiger partial charge in [0.05, 0.1) is 31.3 Å². The summed E-state index contributed by atoms with van der Waals surface area (Å²) in [6.45, 7) is 6.07. The van der Waals surface area contributed by atoms with Crippen LogP contribution < -0.4 is 10.1 Å². The number of ether oxygens (including phenoxy) is 2. The molecule has 1 saturated heterocycles. The first-order valence-corrected chi connectivity index (χ1v) is 11.2. The molecule has 2 aliphatic rings. The molecule has 1 saturated carbocycles. The maximum absolute atomic E-state index is 13.4. The van der Waals surface area contributed by atoms with Crippen LogP contribution in [0.5, 0.6) is 5.75 Å². The molecule has 1 atom stereocenters. The predicted octanol–water partition coefficient (Wildman–Crippen LogP) is 3.23. The lowest BCUT2D eigenvalue weighted by Gasteiger charge is -2.29. The minimum Gasteiger partial charge on any atom is -0.497 e. The molecular weight excluding hydrogens is 408 g/mol. The molecule has 8 heteroatoms. The van der Waals surface area contributed by atoms with Gasteiger partial charge in [-0.05, 0) is 50.1 Å². The minimum atomic E-state index is -0.127. The summed E-state index contributed by atoms with van der Waals surface area (Å²) in [6.07, 6.45) is 2.18. The third-order valence-electron chi connectivity index (χ3n) is 6.08. The molecule has 0 unspecified atom stereocenters. The van der Waals surface area contributed by atoms with Crippen LogP contribution >= 0.6 is 0 Å². The average molecular weight is 437 g/mol. The Bertz CT molecular complexity index is 1100. The van der Waals surface area contributed by atoms with Crippen LogP contribution in [-0.2, 0) is 4.74 Å². The lowest BCUT2D eigenvalue weighted by molar-refractivity contribution is 0.0342. The number of hydrogen-bond acceptors (Lipinski definition) is 7. The fraction of sp³-hybridized carbons (Fsp3) is 0.458. The fourth-order valence-electron chi connectivity index (χ4n) is 4.20. The first kappa shape index (κ1) is 20.9. The number of amides is 1. The van der Waals surface area contributed by atoms with Gasteiger partial charge in [-0.2, -0.15) is 0 Å². The summed E-state index contributed by atoms with van der Waals surface area (Å²) in [5, 5.41) is 8.10. The second-order valence-corrected chi connectivity index (χ2v) is 8.60. The van der Waals surface area contributed by atoms with E-state index in [9.17, 15) is 4.79 Å². The number of methoxy groups -OCH3 is 1. The third kappa shape index (κ3) is 4.33. The van der Waals surface area contributed by atoms with Crippen LogP contribution in [0.3, 0.4) is 0 Å². The molecule has 32 heavy (non-hydrogen) atoms. The fourth-order valence-corrected chi connectivity index (χ4v) is 4.20. The number of nitrogens with one attached hydrogen (secondary N) is 1. The van der Waals surface area contributed by atoms with Gasteiger partial charge >= 0.3 is 0 Å². The maximum Gasteiger partial charge on any atom is 0.259 e. The standard InChI is InChI=1S/C24H28N4O4/c1-15(14-28-9-11-31-12-10-28)25-23(29)19-13-20(16-3-4-16)26-24-21(19)22(27-32-24)17-5-7-18(30-2)8-6-17/h5-8,13,15-16H,3-4,9-12,14H2,1-2H3,(H,25,29)/t15-/m1/s1. The van der Waals surface area contributed by atoms with Gasteiger partial charge in [-0.1, -0.05) is 5.16 Å². The first-order chi connectivity index (χ1) is 15.6. The topological polar surface area (TPSA) is 89.7 Å². The number of rotatable bonds is 7. The van der Waals surface area contributed by atoms with E-state index in [-0.39, 0.29) is 11.9 Å². The molecule has 8 nitrogen and oxygen atoms in total. The highest BCUT2D eigenvalue weighted by molar-refractivity contribution is 6.09. The number of hydrogen-bond donors (Lipinski definition) is 1. The molecular formula is C24H28N4O4. The Balaban J connectivity index is 1.46. The smallest absolute Gasteiger partial charge is 0.259 e. The summed E-state index contributed by atoms with van der Waals surface area (Å²) in [5.41, 5.74) is 3.34. The number of pyridine rings is 1. The highest BCUT2D eigenvalue weighted by atomic mass is 16.5. The van der Waals surface area contributed by atoms with Gasteiger partial charge in [0.15, 0.2) is 0 Å². The summed E-state index contributed by atoms with van der Waals surface area (Å²) in [6, 6.07) is 9.47. The molecule has 168 valence electrons. The van der Waals surface area contributed by atoms with Gasteiger partial charge in [0.2, 0.25) is 0 Å². The molecule has 0 bridgehead atoms. The largest absolute Gasteiger partial charge is 0.497 e. The Kier molecular flexibility index (Phi) is 5.80. The van der Waals surface area contributed by atoms with E-state index < -0.39 is 0 Å². The van der Waals surface area contributed by atoms with Crippen molar-refractivity contribution in [2.75, 3.05) is 40.0 Å². The lowest BCUT2D eigenvalue weighted by atomic mass is 10.0. The number of benzene rings is 1. The molecule has 1 N–H and O–H groups in total. The third-order valence-corrected chi connectivity index (χ3v) is 6.08. The highest BCUT2D eigenvalue weighted by Crippen LogP contribution is 2.41. The average Bonchev–Trinajstić information content (AvgIpc) is 3.58. The Morgan fingerprint density at radius 2 is 2.00 bits per heavy atom. The molecule has 1 amide bonds. The van der Waals surface area contributed by atoms with E-state index >= 15 is 0 Å². The van der Waals surface area contributed by atoms with Gasteiger partial charge in [-0.3, -0.25) is 9.69 Å². The lowest BCUT2D eigenvalue weighted by Crippen LogP contribution is -2.46. The Labute approximate surface area is 186 Å². The summed E-state index contributed by atoms with van der Waals surface area (Å²) in [7, 11) is 1.63. The van der Waals surface area contributed by atoms with Crippen molar-refractivity contribution < 1.29 is 18.8 Å². The van der Waals surface area contributed by atoms with Crippen molar-refractivity contribution in [3.63, 3.8) is 0 Å². The number of morpholine rings is 1. The molecule has 1 aromatic carbocycles. The monoisotopic (exact) mass is 436 g/mol. The van der Waals surface area contributed by atoms with E-state index in [0.29, 0.717) is 28.3 Å². The number of carbonyl (C=O) groups is 1. The summed E-state index contributed by atoms with van der Waals surface area (Å²) in [5.74, 6) is 1.02. The van der Waals surface area contributed by atoms with Crippen LogP contribution in [0, 0.1) is 0 Å². The zero-order valence-electron chi connectivity index (χ0n) is 18.5. The molecule has 2 fully saturated rings. The van der Waals surface area contributed by atoms with Crippen LogP contribution in [0.1, 0.15) is 41.7 Å². The Hall–Kier alpha value is -2.97. The van der Waals surface area contributed by atoms with Crippen molar-refractivity contribution in [2.24, 2.45) is 0 Å². The second-order valence-electron chi connectivity index (χ2n) is 8.60. The van der Waals surface area contributed by atoms with E-state index in [2.05, 4.69) is 20.4 Å². The Morgan fingerprint density at radius 1 is 1.25 bits per heavy atom. The van der Waals surface area contributed by atoms with Crippen molar-refractivity contribution in [3.8, 4) is 17.0 Å². The van der Waals surface area contributed by atoms with Crippen LogP contribution in [0.25, 0.3) is 22.4 Å². The zero-order valence-corrected chi connectivity index (χ0v) is 18.5. The van der Waals surface area contributed by atoms with Crippen molar-refractivity contribution in [1.82, 2.24) is 20.4 Å². The van der Waals surface area contributed by atoms with Gasteiger partial charge in [0.25, 0.3) is 11.6 Å². The van der Waals surface area contributed by atoms with Crippen LogP contribution in [0.2, 0.25) is 0 Å². The van der Waals surface area contributed by atoms with Gasteiger partial charge in [0.1, 0.15) is 11.4 Å². The molecule has 5 rings (SSSR count). The van der Waals surface area contributed by atoms with Crippen molar-refractivity contribution in [3.05, 3.63) is 41.6 Å². The summed E-state index contributed by atoms with van der Waals surface area (Å²) in [4.78, 5) is 20.4. The van der Waals surface area contributed by atoms with E-state index in [1.807, 2.05) is 37.3 Å². The van der Waals surface area contributed by atoms with E-state index in [4.69, 9.17) is 14.0 Å². The van der Waals surface area contributed by atoms with Gasteiger partial charge in [-0.15, -0.1) is 0 Å². The van der Waals surface area contributed by atoms with E-state index in [1.165, 1.54) is 0 Å². The number of fused-ring (bicyclic) bond motifs is 1. The molecule has 1 aliphatic carbocycles. The van der Waals surface area contributed by atoms with Crippen LogP contribution in [0.15, 0.2) is 34.9 Å². The van der Waals surface area contributed by atoms with Crippen LogP contribution in [-0.4, -0.2) is 66.9 Å². The van der Waals surface area contributed by atoms with Gasteiger partial charge in [0, 0.05) is 42.9 Å². The number of carbonyl (C=O) groups excluding carboxylic acids is 1. The minimum absolute atomic E-state index is 0.00233. The number of aromatic nitrogens is 2. The molecule has 3 aromatic rings. The van der Waals surface area contributed by atoms with Crippen molar-refractivity contribution in [1.29, 1.82) is 0 Å². The highest BCUT2D eigenvalue weighted by Gasteiger charge is 2.30. The van der Waals surface area contributed by atoms with Gasteiger partial charge in [-0.25, -0.2) is 4.98 Å². The van der Waals surface area contributed by atoms with E-state index in [0.717, 1.165) is 62.7 Å². The summed E-state index contributed by atoms with van der Waals surface area (Å²) >= 11 is 0. The molecule has 0 radical (unpaired) electrons. The normalized spacial score (nSPS) is 17.9. The quantitative estimate of drug-likeness (QED) is 0.608. The zero-order chi connectivity index (χ0) is 22.1. The molecule has 2 aromatic heterocycles. The SMILES string of the molecule is COc1ccc(-c2noc3nc(C4CC4)cc(C(=O)N[C@H](C)CN4CCOCC4)c23)cc1.